The topological polar surface area (TPSA) is 0 Å². The molecule has 0 atom stereocenters. The molecule has 0 aliphatic heterocycles. The van der Waals surface area contributed by atoms with Crippen molar-refractivity contribution in [3.8, 4) is 0 Å². The normalized spacial score (nSPS) is 12.0. The Morgan fingerprint density at radius 1 is 0.818 bits per heavy atom. The number of rotatable bonds is 6. The molecule has 0 bridgehead atoms. The molecule has 0 saturated carbocycles. The van der Waals surface area contributed by atoms with Gasteiger partial charge in [-0.15, -0.1) is 0 Å². The van der Waals surface area contributed by atoms with Gasteiger partial charge in [0.1, 0.15) is 0 Å². The fourth-order valence-corrected chi connectivity index (χ4v) is 15.0. The van der Waals surface area contributed by atoms with Gasteiger partial charge in [0.15, 0.2) is 0 Å². The first-order valence-electron chi connectivity index (χ1n) is 5.24. The van der Waals surface area contributed by atoms with Crippen molar-refractivity contribution in [2.75, 3.05) is 0 Å². The monoisotopic (exact) mass is 324 g/mol. The van der Waals surface area contributed by atoms with Gasteiger partial charge < -0.3 is 0 Å². The van der Waals surface area contributed by atoms with Gasteiger partial charge in [-0.1, -0.05) is 0 Å². The molecule has 0 N–H and O–H groups in total. The third-order valence-corrected chi connectivity index (χ3v) is 24.6. The molecule has 68 valence electrons. The quantitative estimate of drug-likeness (QED) is 0.623. The second-order valence-electron chi connectivity index (χ2n) is 3.66. The first-order valence-corrected chi connectivity index (χ1v) is 15.4. The molecule has 0 radical (unpaired) electrons. The minimum absolute atomic E-state index is 1.40. The molecule has 0 saturated heterocycles. The fraction of sp³-hybridized carbons (Fsp3) is 1.00. The Bertz CT molecular complexity index is 76.6. The van der Waals surface area contributed by atoms with Gasteiger partial charge in [0.2, 0.25) is 0 Å². The van der Waals surface area contributed by atoms with Crippen LogP contribution in [0.25, 0.3) is 0 Å². The summed E-state index contributed by atoms with van der Waals surface area (Å²) in [5.74, 6) is 0. The molecule has 0 amide bonds. The van der Waals surface area contributed by atoms with Gasteiger partial charge in [0, 0.05) is 0 Å². The number of hydrogen-bond acceptors (Lipinski definition) is 0. The zero-order valence-corrected chi connectivity index (χ0v) is 12.3. The van der Waals surface area contributed by atoms with Crippen LogP contribution in [0.3, 0.4) is 0 Å². The summed E-state index contributed by atoms with van der Waals surface area (Å²) in [5, 5.41) is 0. The predicted molar refractivity (Wildman–Crippen MR) is 51.2 cm³/mol. The van der Waals surface area contributed by atoms with E-state index in [2.05, 4.69) is 27.7 Å². The van der Waals surface area contributed by atoms with Crippen molar-refractivity contribution < 1.29 is 20.0 Å². The summed E-state index contributed by atoms with van der Waals surface area (Å²) in [6.45, 7) is 9.62. The average molecular weight is 323 g/mol. The molecule has 0 aromatic rings. The third kappa shape index (κ3) is 3.87. The average Bonchev–Trinajstić information content (AvgIpc) is 2.08. The zero-order chi connectivity index (χ0) is 8.74. The van der Waals surface area contributed by atoms with E-state index in [1.807, 2.05) is 0 Å². The first-order chi connectivity index (χ1) is 5.24. The molecule has 0 nitrogen and oxygen atoms in total. The molecule has 0 heterocycles. The van der Waals surface area contributed by atoms with Crippen LogP contribution in [0.4, 0.5) is 0 Å². The Balaban J connectivity index is 3.84. The van der Waals surface area contributed by atoms with E-state index in [4.69, 9.17) is 0 Å². The van der Waals surface area contributed by atoms with Crippen LogP contribution in [0, 0.1) is 0 Å². The summed E-state index contributed by atoms with van der Waals surface area (Å²) < 4.78 is 6.41. The van der Waals surface area contributed by atoms with E-state index in [0.29, 0.717) is 0 Å². The Hall–Kier alpha value is 0.870. The van der Waals surface area contributed by atoms with Crippen molar-refractivity contribution in [2.24, 2.45) is 0 Å². The second-order valence-corrected chi connectivity index (χ2v) is 23.9. The third-order valence-electron chi connectivity index (χ3n) is 3.31. The summed E-state index contributed by atoms with van der Waals surface area (Å²) in [6.07, 6.45) is 2.92. The molecule has 0 aliphatic carbocycles. The Morgan fingerprint density at radius 3 is 1.55 bits per heavy atom. The van der Waals surface area contributed by atoms with Crippen LogP contribution in [0.5, 0.6) is 0 Å². The van der Waals surface area contributed by atoms with E-state index in [1.54, 1.807) is 16.7 Å². The van der Waals surface area contributed by atoms with Crippen molar-refractivity contribution in [2.45, 2.75) is 57.2 Å². The van der Waals surface area contributed by atoms with E-state index in [0.717, 1.165) is 0 Å². The molecule has 0 rings (SSSR count). The molecule has 1 heteroatoms. The van der Waals surface area contributed by atoms with Crippen LogP contribution < -0.4 is 0 Å². The standard InChI is InChI=1S/C4H9.3C2H5.Hf/c1-3-4-2;3*1-2;/h1,3-4H2,2H3;3*1H2,2H3;. The van der Waals surface area contributed by atoms with Gasteiger partial charge in [-0.2, -0.15) is 0 Å². The van der Waals surface area contributed by atoms with Crippen LogP contribution in [-0.2, 0) is 20.0 Å². The molecule has 0 spiro atoms. The van der Waals surface area contributed by atoms with Gasteiger partial charge >= 0.3 is 77.2 Å². The second kappa shape index (κ2) is 6.39. The SMILES string of the molecule is CCC[CH2][Hf]([CH2]C)([CH2]C)[CH2]C. The molecule has 0 aromatic carbocycles. The maximum absolute atomic E-state index is 2.43. The van der Waals surface area contributed by atoms with Gasteiger partial charge in [0.05, 0.1) is 0 Å². The molecular weight excluding hydrogens is 299 g/mol. The van der Waals surface area contributed by atoms with Crippen LogP contribution in [-0.4, -0.2) is 0 Å². The van der Waals surface area contributed by atoms with Crippen LogP contribution in [0.2, 0.25) is 16.7 Å². The summed E-state index contributed by atoms with van der Waals surface area (Å²) in [6, 6.07) is 0. The minimum atomic E-state index is -1.59. The van der Waals surface area contributed by atoms with Gasteiger partial charge in [-0.3, -0.25) is 0 Å². The molecule has 0 fully saturated rings. The first kappa shape index (κ1) is 11.9. The summed E-state index contributed by atoms with van der Waals surface area (Å²) >= 11 is -1.59. The van der Waals surface area contributed by atoms with E-state index in [9.17, 15) is 0 Å². The predicted octanol–water partition coefficient (Wildman–Crippen LogP) is 4.67. The Morgan fingerprint density at radius 2 is 1.27 bits per heavy atom. The zero-order valence-electron chi connectivity index (χ0n) is 8.74. The molecule has 0 unspecified atom stereocenters. The van der Waals surface area contributed by atoms with Crippen molar-refractivity contribution in [3.63, 3.8) is 0 Å². The van der Waals surface area contributed by atoms with Crippen molar-refractivity contribution in [3.05, 3.63) is 0 Å². The van der Waals surface area contributed by atoms with Gasteiger partial charge in [-0.25, -0.2) is 0 Å². The maximum atomic E-state index is 2.43. The molecular formula is C10H24Hf. The van der Waals surface area contributed by atoms with E-state index in [1.165, 1.54) is 12.8 Å². The molecule has 0 aliphatic rings. The fourth-order valence-electron chi connectivity index (χ4n) is 1.83. The molecule has 11 heavy (non-hydrogen) atoms. The van der Waals surface area contributed by atoms with Gasteiger partial charge in [0.25, 0.3) is 0 Å². The summed E-state index contributed by atoms with van der Waals surface area (Å²) in [5.41, 5.74) is 0. The van der Waals surface area contributed by atoms with Crippen molar-refractivity contribution in [1.29, 1.82) is 0 Å². The van der Waals surface area contributed by atoms with Crippen molar-refractivity contribution in [1.82, 2.24) is 0 Å². The Labute approximate surface area is 77.1 Å². The molecule has 0 aromatic heterocycles. The van der Waals surface area contributed by atoms with Crippen LogP contribution in [0.1, 0.15) is 40.5 Å². The van der Waals surface area contributed by atoms with Crippen molar-refractivity contribution >= 4 is 0 Å². The summed E-state index contributed by atoms with van der Waals surface area (Å²) in [4.78, 5) is 0. The number of hydrogen-bond donors (Lipinski definition) is 0. The van der Waals surface area contributed by atoms with Gasteiger partial charge in [-0.05, 0) is 0 Å². The van der Waals surface area contributed by atoms with E-state index >= 15 is 0 Å². The Kier molecular flexibility index (Phi) is 6.90. The van der Waals surface area contributed by atoms with E-state index in [-0.39, 0.29) is 0 Å². The van der Waals surface area contributed by atoms with Crippen LogP contribution in [0.15, 0.2) is 0 Å². The number of unbranched alkanes of at least 4 members (excludes halogenated alkanes) is 1. The van der Waals surface area contributed by atoms with Crippen LogP contribution >= 0.6 is 0 Å². The summed E-state index contributed by atoms with van der Waals surface area (Å²) in [7, 11) is 0. The van der Waals surface area contributed by atoms with E-state index < -0.39 is 20.0 Å².